The Bertz CT molecular complexity index is 1570. The molecular weight excluding hydrogens is 489 g/mol. The number of amides is 1. The number of sulfone groups is 1. The van der Waals surface area contributed by atoms with Gasteiger partial charge in [0.2, 0.25) is 5.43 Å². The number of carbonyl (C=O) groups excluding carboxylic acids is 1. The van der Waals surface area contributed by atoms with E-state index in [4.69, 9.17) is 4.74 Å². The van der Waals surface area contributed by atoms with Gasteiger partial charge in [0, 0.05) is 30.6 Å². The molecule has 0 fully saturated rings. The normalized spacial score (nSPS) is 18.5. The average Bonchev–Trinajstić information content (AvgIpc) is 2.87. The molecule has 0 saturated heterocycles. The number of ether oxygens (including phenoxy) is 1. The third-order valence-electron chi connectivity index (χ3n) is 6.16. The number of rotatable bonds is 2. The molecule has 1 amide bonds. The van der Waals surface area contributed by atoms with E-state index in [2.05, 4.69) is 0 Å². The smallest absolute Gasteiger partial charge is 0.278 e. The minimum atomic E-state index is -3.73. The molecule has 2 bridgehead atoms. The van der Waals surface area contributed by atoms with E-state index in [1.807, 2.05) is 0 Å². The summed E-state index contributed by atoms with van der Waals surface area (Å²) in [5.74, 6) is -2.04. The lowest BCUT2D eigenvalue weighted by atomic mass is 9.96. The van der Waals surface area contributed by atoms with Crippen molar-refractivity contribution in [1.29, 1.82) is 0 Å². The first-order chi connectivity index (χ1) is 17.2. The molecule has 0 spiro atoms. The van der Waals surface area contributed by atoms with E-state index in [-0.39, 0.29) is 36.2 Å². The molecule has 0 unspecified atom stereocenters. The van der Waals surface area contributed by atoms with Crippen LogP contribution >= 0.6 is 0 Å². The maximum absolute atomic E-state index is 15.1. The van der Waals surface area contributed by atoms with Crippen molar-refractivity contribution in [2.45, 2.75) is 10.9 Å². The van der Waals surface area contributed by atoms with Gasteiger partial charge in [0.25, 0.3) is 5.91 Å². The molecule has 186 valence electrons. The molecule has 36 heavy (non-hydrogen) atoms. The minimum absolute atomic E-state index is 0.00641. The number of pyridine rings is 1. The Kier molecular flexibility index (Phi) is 5.79. The second kappa shape index (κ2) is 8.83. The number of carbonyl (C=O) groups is 1. The summed E-state index contributed by atoms with van der Waals surface area (Å²) in [5.41, 5.74) is -0.401. The third-order valence-corrected chi connectivity index (χ3v) is 7.33. The number of benzene rings is 2. The second-order valence-corrected chi connectivity index (χ2v) is 10.5. The van der Waals surface area contributed by atoms with E-state index in [9.17, 15) is 23.1 Å². The van der Waals surface area contributed by atoms with Crippen molar-refractivity contribution in [1.82, 2.24) is 9.58 Å². The summed E-state index contributed by atoms with van der Waals surface area (Å²) in [6.45, 7) is 0.0597. The number of aromatic hydroxyl groups is 1. The molecule has 1 aromatic heterocycles. The molecule has 5 rings (SSSR count). The number of halogens is 1. The summed E-state index contributed by atoms with van der Waals surface area (Å²) in [7, 11) is -3.73. The van der Waals surface area contributed by atoms with Gasteiger partial charge in [-0.25, -0.2) is 12.8 Å². The summed E-state index contributed by atoms with van der Waals surface area (Å²) in [5, 5.41) is 12.2. The largest absolute Gasteiger partial charge is 0.502 e. The Morgan fingerprint density at radius 3 is 2.56 bits per heavy atom. The van der Waals surface area contributed by atoms with Crippen LogP contribution in [-0.2, 0) is 9.84 Å². The average molecular weight is 512 g/mol. The van der Waals surface area contributed by atoms with Crippen LogP contribution < -0.4 is 15.2 Å². The number of hydrogen-bond acceptors (Lipinski definition) is 7. The predicted octanol–water partition coefficient (Wildman–Crippen LogP) is 2.19. The van der Waals surface area contributed by atoms with Gasteiger partial charge in [0.05, 0.1) is 4.90 Å². The minimum Gasteiger partial charge on any atom is -0.502 e. The van der Waals surface area contributed by atoms with Gasteiger partial charge in [0.1, 0.15) is 19.3 Å². The quantitative estimate of drug-likeness (QED) is 0.526. The zero-order valence-electron chi connectivity index (χ0n) is 19.2. The lowest BCUT2D eigenvalue weighted by Crippen LogP contribution is -2.55. The Hall–Kier alpha value is -4.12. The van der Waals surface area contributed by atoms with E-state index in [1.54, 1.807) is 41.4 Å². The van der Waals surface area contributed by atoms with Crippen molar-refractivity contribution < 1.29 is 27.4 Å². The lowest BCUT2D eigenvalue weighted by molar-refractivity contribution is 0.0701. The molecule has 1 N–H and O–H groups in total. The van der Waals surface area contributed by atoms with Crippen LogP contribution in [0.15, 0.2) is 76.6 Å². The maximum Gasteiger partial charge on any atom is 0.278 e. The first-order valence-corrected chi connectivity index (χ1v) is 12.9. The molecule has 0 aliphatic carbocycles. The molecule has 0 saturated carbocycles. The van der Waals surface area contributed by atoms with Crippen molar-refractivity contribution in [2.24, 2.45) is 0 Å². The van der Waals surface area contributed by atoms with Crippen molar-refractivity contribution in [3.8, 4) is 11.5 Å². The number of nitrogens with zero attached hydrogens (tertiary/aromatic N) is 3. The molecule has 1 atom stereocenters. The fourth-order valence-electron chi connectivity index (χ4n) is 4.56. The maximum atomic E-state index is 15.1. The van der Waals surface area contributed by atoms with E-state index in [0.29, 0.717) is 11.1 Å². The van der Waals surface area contributed by atoms with Gasteiger partial charge in [-0.15, -0.1) is 0 Å². The Morgan fingerprint density at radius 2 is 1.78 bits per heavy atom. The number of para-hydroxylation sites is 1. The summed E-state index contributed by atoms with van der Waals surface area (Å²) < 4.78 is 47.8. The van der Waals surface area contributed by atoms with Gasteiger partial charge < -0.3 is 14.7 Å². The topological polar surface area (TPSA) is 109 Å². The molecule has 11 heteroatoms. The van der Waals surface area contributed by atoms with Gasteiger partial charge in [-0.05, 0) is 23.8 Å². The van der Waals surface area contributed by atoms with Crippen LogP contribution in [0, 0.1) is 5.82 Å². The van der Waals surface area contributed by atoms with Gasteiger partial charge >= 0.3 is 0 Å². The summed E-state index contributed by atoms with van der Waals surface area (Å²) in [6.07, 6.45) is 5.70. The fourth-order valence-corrected chi connectivity index (χ4v) is 5.49. The van der Waals surface area contributed by atoms with Crippen molar-refractivity contribution >= 4 is 15.7 Å². The highest BCUT2D eigenvalue weighted by atomic mass is 32.2. The molecule has 3 aromatic rings. The highest BCUT2D eigenvalue weighted by Gasteiger charge is 2.39. The monoisotopic (exact) mass is 511 g/mol. The fraction of sp³-hybridized carbons (Fsp3) is 0.200. The van der Waals surface area contributed by atoms with E-state index in [0.717, 1.165) is 12.3 Å². The van der Waals surface area contributed by atoms with Crippen LogP contribution in [0.1, 0.15) is 27.7 Å². The lowest BCUT2D eigenvalue weighted by Gasteiger charge is -2.44. The van der Waals surface area contributed by atoms with Crippen LogP contribution in [0.25, 0.3) is 0 Å². The number of hydrogen-bond donors (Lipinski definition) is 1. The molecule has 2 aliphatic heterocycles. The van der Waals surface area contributed by atoms with Gasteiger partial charge in [-0.3, -0.25) is 19.3 Å². The van der Waals surface area contributed by atoms with E-state index >= 15 is 4.39 Å². The Labute approximate surface area is 206 Å². The van der Waals surface area contributed by atoms with Crippen LogP contribution in [0.3, 0.4) is 0 Å². The first kappa shape index (κ1) is 23.6. The molecule has 0 radical (unpaired) electrons. The van der Waals surface area contributed by atoms with Gasteiger partial charge in [0.15, 0.2) is 32.8 Å². The van der Waals surface area contributed by atoms with Gasteiger partial charge in [-0.1, -0.05) is 36.4 Å². The summed E-state index contributed by atoms with van der Waals surface area (Å²) in [4.78, 5) is 26.9. The molecule has 3 heterocycles. The van der Waals surface area contributed by atoms with Crippen molar-refractivity contribution in [3.05, 3.63) is 99.7 Å². The van der Waals surface area contributed by atoms with Crippen LogP contribution in [0.2, 0.25) is 0 Å². The Balaban J connectivity index is 1.88. The highest BCUT2D eigenvalue weighted by molar-refractivity contribution is 7.90. The predicted molar refractivity (Wildman–Crippen MR) is 129 cm³/mol. The zero-order valence-corrected chi connectivity index (χ0v) is 20.0. The van der Waals surface area contributed by atoms with Crippen LogP contribution in [0.5, 0.6) is 11.5 Å². The zero-order chi connectivity index (χ0) is 25.6. The van der Waals surface area contributed by atoms with Crippen LogP contribution in [0.4, 0.5) is 4.39 Å². The first-order valence-electron chi connectivity index (χ1n) is 11.0. The van der Waals surface area contributed by atoms with E-state index < -0.39 is 38.8 Å². The van der Waals surface area contributed by atoms with E-state index in [1.165, 1.54) is 34.0 Å². The highest BCUT2D eigenvalue weighted by Crippen LogP contribution is 2.40. The SMILES string of the molecule is CS(=O)(=O)c1ccccc1[C@@H]1c2cccc(F)c2OC/C=C\CN2CN1n1ccc(=O)c(O)c1C2=O. The number of aromatic nitrogens is 1. The second-order valence-electron chi connectivity index (χ2n) is 8.48. The molecule has 2 aliphatic rings. The molecule has 2 aromatic carbocycles. The molecule has 9 nitrogen and oxygen atoms in total. The summed E-state index contributed by atoms with van der Waals surface area (Å²) in [6, 6.07) is 10.8. The van der Waals surface area contributed by atoms with Crippen molar-refractivity contribution in [3.63, 3.8) is 0 Å². The molecular formula is C25H22FN3O6S. The Morgan fingerprint density at radius 1 is 1.03 bits per heavy atom. The third kappa shape index (κ3) is 3.91. The van der Waals surface area contributed by atoms with Gasteiger partial charge in [-0.2, -0.15) is 0 Å². The van der Waals surface area contributed by atoms with Crippen molar-refractivity contribution in [2.75, 3.05) is 31.1 Å². The standard InChI is InChI=1S/C25H22FN3O6S/c1-36(33,34)20-10-3-2-7-16(20)21-17-8-6-9-18(26)24(17)35-14-5-4-12-27-15-29(21)28-13-11-19(30)23(31)22(28)25(27)32/h2-11,13,21,31H,12,14-15H2,1H3/b5-4-/t21-/m1/s1. The summed E-state index contributed by atoms with van der Waals surface area (Å²) >= 11 is 0. The van der Waals surface area contributed by atoms with Crippen LogP contribution in [-0.4, -0.2) is 55.1 Å². The number of fused-ring (bicyclic) bond motifs is 5.